The number of carbonyl (C=O) groups excluding carboxylic acids is 2. The van der Waals surface area contributed by atoms with Crippen molar-refractivity contribution in [3.8, 4) is 11.3 Å². The van der Waals surface area contributed by atoms with Gasteiger partial charge in [0.1, 0.15) is 17.7 Å². The molecule has 3 heterocycles. The molecule has 0 saturated heterocycles. The van der Waals surface area contributed by atoms with E-state index < -0.39 is 5.97 Å². The number of nitrogens with one attached hydrogen (secondary N) is 1. The van der Waals surface area contributed by atoms with E-state index in [1.165, 1.54) is 12.4 Å². The van der Waals surface area contributed by atoms with Crippen molar-refractivity contribution in [2.45, 2.75) is 13.3 Å². The van der Waals surface area contributed by atoms with Crippen LogP contribution in [0.25, 0.3) is 28.4 Å². The fraction of sp³-hybridized carbons (Fsp3) is 0.130. The number of ether oxygens (including phenoxy) is 1. The van der Waals surface area contributed by atoms with Crippen LogP contribution in [0.2, 0.25) is 0 Å². The Bertz CT molecular complexity index is 1220. The van der Waals surface area contributed by atoms with Crippen LogP contribution in [0.5, 0.6) is 0 Å². The van der Waals surface area contributed by atoms with Gasteiger partial charge in [0.2, 0.25) is 0 Å². The molecule has 30 heavy (non-hydrogen) atoms. The lowest BCUT2D eigenvalue weighted by atomic mass is 10.0. The van der Waals surface area contributed by atoms with E-state index in [4.69, 9.17) is 9.15 Å². The number of allylic oxidation sites excluding steroid dienone is 1. The van der Waals surface area contributed by atoms with Gasteiger partial charge in [0.25, 0.3) is 0 Å². The molecule has 0 aliphatic rings. The van der Waals surface area contributed by atoms with E-state index in [9.17, 15) is 9.59 Å². The fourth-order valence-corrected chi connectivity index (χ4v) is 3.20. The van der Waals surface area contributed by atoms with Crippen molar-refractivity contribution in [1.29, 1.82) is 0 Å². The average Bonchev–Trinajstić information content (AvgIpc) is 3.42. The molecule has 0 amide bonds. The number of rotatable bonds is 7. The van der Waals surface area contributed by atoms with Crippen LogP contribution >= 0.6 is 0 Å². The van der Waals surface area contributed by atoms with Crippen LogP contribution in [0.1, 0.15) is 28.6 Å². The van der Waals surface area contributed by atoms with Gasteiger partial charge in [0.05, 0.1) is 29.5 Å². The van der Waals surface area contributed by atoms with Gasteiger partial charge >= 0.3 is 5.97 Å². The summed E-state index contributed by atoms with van der Waals surface area (Å²) in [5.74, 6) is 0.138. The number of ketones is 1. The number of fused-ring (bicyclic) bond motifs is 1. The quantitative estimate of drug-likeness (QED) is 0.368. The summed E-state index contributed by atoms with van der Waals surface area (Å²) >= 11 is 0. The van der Waals surface area contributed by atoms with E-state index in [1.54, 1.807) is 37.6 Å². The lowest BCUT2D eigenvalue weighted by Gasteiger charge is -2.07. The van der Waals surface area contributed by atoms with Crippen molar-refractivity contribution < 1.29 is 18.7 Å². The molecule has 0 saturated carbocycles. The second-order valence-corrected chi connectivity index (χ2v) is 6.56. The Morgan fingerprint density at radius 3 is 2.90 bits per heavy atom. The maximum absolute atomic E-state index is 12.3. The second kappa shape index (κ2) is 8.57. The van der Waals surface area contributed by atoms with E-state index in [2.05, 4.69) is 15.0 Å². The van der Waals surface area contributed by atoms with E-state index in [0.717, 1.165) is 11.1 Å². The Labute approximate surface area is 172 Å². The van der Waals surface area contributed by atoms with Crippen molar-refractivity contribution in [1.82, 2.24) is 15.0 Å². The van der Waals surface area contributed by atoms with Gasteiger partial charge in [0.15, 0.2) is 5.78 Å². The molecule has 0 unspecified atom stereocenters. The topological polar surface area (TPSA) is 98.1 Å². The maximum Gasteiger partial charge on any atom is 0.340 e. The van der Waals surface area contributed by atoms with E-state index in [0.29, 0.717) is 28.1 Å². The first-order chi connectivity index (χ1) is 14.7. The average molecular weight is 401 g/mol. The molecule has 0 spiro atoms. The zero-order valence-corrected chi connectivity index (χ0v) is 16.3. The summed E-state index contributed by atoms with van der Waals surface area (Å²) in [5, 5.41) is 0.595. The zero-order chi connectivity index (χ0) is 20.9. The number of hydrogen-bond donors (Lipinski definition) is 1. The van der Waals surface area contributed by atoms with E-state index in [-0.39, 0.29) is 18.8 Å². The lowest BCUT2D eigenvalue weighted by Crippen LogP contribution is -2.04. The summed E-state index contributed by atoms with van der Waals surface area (Å²) < 4.78 is 10.3. The van der Waals surface area contributed by atoms with Crippen LogP contribution in [0.15, 0.2) is 65.7 Å². The highest BCUT2D eigenvalue weighted by Crippen LogP contribution is 2.29. The first-order valence-electron chi connectivity index (χ1n) is 9.48. The number of nitrogens with zero attached hydrogens (tertiary/aromatic N) is 2. The van der Waals surface area contributed by atoms with Gasteiger partial charge in [-0.05, 0) is 42.8 Å². The molecular formula is C23H19N3O4. The number of aromatic nitrogens is 3. The summed E-state index contributed by atoms with van der Waals surface area (Å²) in [4.78, 5) is 36.2. The summed E-state index contributed by atoms with van der Waals surface area (Å²) in [6.07, 6.45) is 7.95. The maximum atomic E-state index is 12.3. The van der Waals surface area contributed by atoms with Crippen LogP contribution in [0.4, 0.5) is 0 Å². The van der Waals surface area contributed by atoms with Crippen molar-refractivity contribution in [2.75, 3.05) is 6.61 Å². The molecule has 0 atom stereocenters. The number of esters is 1. The molecule has 0 radical (unpaired) electrons. The van der Waals surface area contributed by atoms with Crippen molar-refractivity contribution in [3.05, 3.63) is 78.1 Å². The van der Waals surface area contributed by atoms with Gasteiger partial charge in [0, 0.05) is 18.2 Å². The smallest absolute Gasteiger partial charge is 0.340 e. The van der Waals surface area contributed by atoms with Crippen LogP contribution < -0.4 is 0 Å². The molecule has 0 aliphatic carbocycles. The van der Waals surface area contributed by atoms with Crippen molar-refractivity contribution >= 4 is 28.9 Å². The predicted molar refractivity (Wildman–Crippen MR) is 112 cm³/mol. The summed E-state index contributed by atoms with van der Waals surface area (Å²) in [7, 11) is 0. The van der Waals surface area contributed by atoms with Gasteiger partial charge in [-0.2, -0.15) is 0 Å². The van der Waals surface area contributed by atoms with Crippen LogP contribution in [0, 0.1) is 0 Å². The molecule has 7 heteroatoms. The monoisotopic (exact) mass is 401 g/mol. The minimum atomic E-state index is -0.436. The SMILES string of the molecule is CCOC(=O)c1c[nH]c2ncnc(-c3cccc(CC(=O)/C=C/c4ccco4)c3)c12. The molecule has 4 aromatic rings. The summed E-state index contributed by atoms with van der Waals surface area (Å²) in [5.41, 5.74) is 3.15. The van der Waals surface area contributed by atoms with Gasteiger partial charge in [-0.1, -0.05) is 18.2 Å². The molecule has 3 aromatic heterocycles. The minimum Gasteiger partial charge on any atom is -0.465 e. The van der Waals surface area contributed by atoms with E-state index >= 15 is 0 Å². The normalized spacial score (nSPS) is 11.2. The molecule has 150 valence electrons. The highest BCUT2D eigenvalue weighted by Gasteiger charge is 2.19. The fourth-order valence-electron chi connectivity index (χ4n) is 3.20. The van der Waals surface area contributed by atoms with Crippen LogP contribution in [-0.2, 0) is 16.0 Å². The molecule has 7 nitrogen and oxygen atoms in total. The number of hydrogen-bond acceptors (Lipinski definition) is 6. The standard InChI is InChI=1S/C23H19N3O4/c1-2-29-23(28)19-13-24-22-20(19)21(25-14-26-22)16-6-3-5-15(11-16)12-17(27)8-9-18-7-4-10-30-18/h3-11,13-14H,2,12H2,1H3,(H,24,25,26)/b9-8+. The second-order valence-electron chi connectivity index (χ2n) is 6.56. The number of furan rings is 1. The molecular weight excluding hydrogens is 382 g/mol. The molecule has 1 N–H and O–H groups in total. The molecule has 0 aliphatic heterocycles. The first-order valence-corrected chi connectivity index (χ1v) is 9.48. The zero-order valence-electron chi connectivity index (χ0n) is 16.3. The molecule has 1 aromatic carbocycles. The number of H-pyrrole nitrogens is 1. The summed E-state index contributed by atoms with van der Waals surface area (Å²) in [6.45, 7) is 2.03. The highest BCUT2D eigenvalue weighted by atomic mass is 16.5. The minimum absolute atomic E-state index is 0.0507. The third-order valence-electron chi connectivity index (χ3n) is 4.52. The molecule has 0 bridgehead atoms. The Morgan fingerprint density at radius 1 is 1.20 bits per heavy atom. The Morgan fingerprint density at radius 2 is 2.10 bits per heavy atom. The van der Waals surface area contributed by atoms with Gasteiger partial charge in [-0.15, -0.1) is 0 Å². The molecule has 0 fully saturated rings. The third-order valence-corrected chi connectivity index (χ3v) is 4.52. The Balaban J connectivity index is 1.64. The summed E-state index contributed by atoms with van der Waals surface area (Å²) in [6, 6.07) is 11.1. The number of benzene rings is 1. The lowest BCUT2D eigenvalue weighted by molar-refractivity contribution is -0.113. The number of aromatic amines is 1. The van der Waals surface area contributed by atoms with Gasteiger partial charge in [-0.3, -0.25) is 4.79 Å². The van der Waals surface area contributed by atoms with Crippen molar-refractivity contribution in [3.63, 3.8) is 0 Å². The predicted octanol–water partition coefficient (Wildman–Crippen LogP) is 4.22. The highest BCUT2D eigenvalue weighted by molar-refractivity contribution is 6.08. The van der Waals surface area contributed by atoms with Crippen molar-refractivity contribution in [2.24, 2.45) is 0 Å². The van der Waals surface area contributed by atoms with Gasteiger partial charge < -0.3 is 14.1 Å². The van der Waals surface area contributed by atoms with Gasteiger partial charge in [-0.25, -0.2) is 14.8 Å². The Hall–Kier alpha value is -4.00. The van der Waals surface area contributed by atoms with E-state index in [1.807, 2.05) is 24.3 Å². The van der Waals surface area contributed by atoms with Crippen LogP contribution in [-0.4, -0.2) is 33.3 Å². The number of carbonyl (C=O) groups is 2. The largest absolute Gasteiger partial charge is 0.465 e. The molecule has 4 rings (SSSR count). The first kappa shape index (κ1) is 19.3. The third kappa shape index (κ3) is 4.05. The van der Waals surface area contributed by atoms with Crippen LogP contribution in [0.3, 0.4) is 0 Å². The Kier molecular flexibility index (Phi) is 5.52.